The molecule has 0 radical (unpaired) electrons. The molecular formula is C22H20ClN3O2. The Bertz CT molecular complexity index is 964. The number of hydrogen-bond acceptors (Lipinski definition) is 3. The topological polar surface area (TPSA) is 76.3 Å². The third-order valence-corrected chi connectivity index (χ3v) is 4.79. The van der Waals surface area contributed by atoms with Gasteiger partial charge in [0.15, 0.2) is 0 Å². The lowest BCUT2D eigenvalue weighted by molar-refractivity contribution is -0.123. The normalized spacial score (nSPS) is 12.8. The van der Waals surface area contributed by atoms with E-state index < -0.39 is 18.0 Å². The molecule has 0 spiro atoms. The smallest absolute Gasteiger partial charge is 0.255 e. The molecule has 2 atom stereocenters. The Morgan fingerprint density at radius 1 is 1.00 bits per heavy atom. The summed E-state index contributed by atoms with van der Waals surface area (Å²) in [6.45, 7) is 1.85. The van der Waals surface area contributed by atoms with Crippen LogP contribution in [0.2, 0.25) is 5.02 Å². The van der Waals surface area contributed by atoms with Crippen molar-refractivity contribution in [3.05, 3.63) is 101 Å². The van der Waals surface area contributed by atoms with Gasteiger partial charge >= 0.3 is 0 Å². The molecule has 0 aliphatic heterocycles. The highest BCUT2D eigenvalue weighted by molar-refractivity contribution is 6.30. The van der Waals surface area contributed by atoms with E-state index in [0.29, 0.717) is 16.1 Å². The zero-order valence-corrected chi connectivity index (χ0v) is 16.1. The Kier molecular flexibility index (Phi) is 6.06. The Morgan fingerprint density at radius 2 is 1.71 bits per heavy atom. The molecule has 2 aromatic carbocycles. The first-order valence-corrected chi connectivity index (χ1v) is 9.19. The molecule has 0 unspecified atom stereocenters. The molecule has 5 nitrogen and oxygen atoms in total. The summed E-state index contributed by atoms with van der Waals surface area (Å²) in [5.41, 5.74) is 7.56. The Labute approximate surface area is 168 Å². The summed E-state index contributed by atoms with van der Waals surface area (Å²) in [4.78, 5) is 31.5. The lowest BCUT2D eigenvalue weighted by Crippen LogP contribution is -2.43. The van der Waals surface area contributed by atoms with Gasteiger partial charge in [-0.25, -0.2) is 0 Å². The van der Waals surface area contributed by atoms with Crippen molar-refractivity contribution in [1.29, 1.82) is 0 Å². The average molecular weight is 394 g/mol. The molecule has 1 heterocycles. The number of carbonyl (C=O) groups is 2. The van der Waals surface area contributed by atoms with Gasteiger partial charge in [-0.05, 0) is 42.8 Å². The second-order valence-electron chi connectivity index (χ2n) is 6.40. The number of carbonyl (C=O) groups excluding carboxylic acids is 2. The maximum atomic E-state index is 13.4. The van der Waals surface area contributed by atoms with E-state index in [0.717, 1.165) is 5.56 Å². The van der Waals surface area contributed by atoms with Crippen molar-refractivity contribution in [2.75, 3.05) is 0 Å². The van der Waals surface area contributed by atoms with Crippen LogP contribution in [0, 0.1) is 0 Å². The summed E-state index contributed by atoms with van der Waals surface area (Å²) in [6.07, 6.45) is 3.15. The van der Waals surface area contributed by atoms with Gasteiger partial charge in [-0.1, -0.05) is 48.0 Å². The minimum absolute atomic E-state index is 0.305. The first-order valence-electron chi connectivity index (χ1n) is 8.81. The number of hydrogen-bond donors (Lipinski definition) is 1. The fourth-order valence-electron chi connectivity index (χ4n) is 3.17. The van der Waals surface area contributed by atoms with E-state index in [1.807, 2.05) is 25.1 Å². The molecule has 142 valence electrons. The van der Waals surface area contributed by atoms with Crippen LogP contribution in [0.1, 0.15) is 40.5 Å². The third kappa shape index (κ3) is 4.21. The van der Waals surface area contributed by atoms with Crippen molar-refractivity contribution >= 4 is 23.4 Å². The summed E-state index contributed by atoms with van der Waals surface area (Å²) < 4.78 is 0. The molecule has 3 aromatic rings. The fourth-order valence-corrected chi connectivity index (χ4v) is 3.37. The van der Waals surface area contributed by atoms with Crippen molar-refractivity contribution in [2.45, 2.75) is 19.0 Å². The van der Waals surface area contributed by atoms with Crippen LogP contribution in [0.3, 0.4) is 0 Å². The van der Waals surface area contributed by atoms with Crippen LogP contribution in [0.15, 0.2) is 79.1 Å². The van der Waals surface area contributed by atoms with Crippen LogP contribution in [-0.2, 0) is 4.79 Å². The predicted molar refractivity (Wildman–Crippen MR) is 109 cm³/mol. The van der Waals surface area contributed by atoms with Gasteiger partial charge in [-0.2, -0.15) is 0 Å². The van der Waals surface area contributed by atoms with Gasteiger partial charge in [0, 0.05) is 28.5 Å². The Hall–Kier alpha value is -3.18. The van der Waals surface area contributed by atoms with Crippen LogP contribution in [0.25, 0.3) is 0 Å². The number of amides is 2. The number of aromatic nitrogens is 1. The lowest BCUT2D eigenvalue weighted by Gasteiger charge is -2.35. The molecule has 2 N–H and O–H groups in total. The molecule has 0 saturated carbocycles. The van der Waals surface area contributed by atoms with Crippen LogP contribution in [0.4, 0.5) is 0 Å². The lowest BCUT2D eigenvalue weighted by atomic mass is 9.99. The van der Waals surface area contributed by atoms with Crippen molar-refractivity contribution in [1.82, 2.24) is 9.88 Å². The second kappa shape index (κ2) is 8.67. The van der Waals surface area contributed by atoms with Crippen molar-refractivity contribution in [2.24, 2.45) is 5.73 Å². The number of benzene rings is 2. The zero-order chi connectivity index (χ0) is 20.1. The fraction of sp³-hybridized carbons (Fsp3) is 0.136. The van der Waals surface area contributed by atoms with Crippen LogP contribution < -0.4 is 5.73 Å². The number of halogens is 1. The van der Waals surface area contributed by atoms with Crippen LogP contribution in [0.5, 0.6) is 0 Å². The molecule has 0 saturated heterocycles. The number of nitrogens with zero attached hydrogens (tertiary/aromatic N) is 2. The SMILES string of the molecule is C[C@H](c1cccc(Cl)c1)N(C(=O)c1ccccc1)[C@H](C(N)=O)c1cccnc1. The monoisotopic (exact) mass is 393 g/mol. The summed E-state index contributed by atoms with van der Waals surface area (Å²) >= 11 is 6.14. The molecule has 28 heavy (non-hydrogen) atoms. The van der Waals surface area contributed by atoms with Gasteiger partial charge in [0.1, 0.15) is 6.04 Å². The Balaban J connectivity index is 2.12. The van der Waals surface area contributed by atoms with E-state index in [-0.39, 0.29) is 5.91 Å². The third-order valence-electron chi connectivity index (χ3n) is 4.55. The summed E-state index contributed by atoms with van der Waals surface area (Å²) in [5, 5.41) is 0.550. The molecule has 0 aliphatic rings. The van der Waals surface area contributed by atoms with E-state index in [9.17, 15) is 9.59 Å². The maximum Gasteiger partial charge on any atom is 0.255 e. The van der Waals surface area contributed by atoms with Crippen LogP contribution in [-0.4, -0.2) is 21.7 Å². The highest BCUT2D eigenvalue weighted by Crippen LogP contribution is 2.33. The molecule has 0 aliphatic carbocycles. The highest BCUT2D eigenvalue weighted by atomic mass is 35.5. The molecule has 1 aromatic heterocycles. The average Bonchev–Trinajstić information content (AvgIpc) is 2.72. The van der Waals surface area contributed by atoms with E-state index in [1.54, 1.807) is 60.9 Å². The standard InChI is InChI=1S/C22H20ClN3O2/c1-15(17-9-5-11-19(23)13-17)26(22(28)16-7-3-2-4-8-16)20(21(24)27)18-10-6-12-25-14-18/h2-15,20H,1H3,(H2,24,27)/t15-,20+/m1/s1. The molecule has 3 rings (SSSR count). The van der Waals surface area contributed by atoms with Gasteiger partial charge in [0.05, 0.1) is 6.04 Å². The predicted octanol–water partition coefficient (Wildman–Crippen LogP) is 4.17. The number of primary amides is 1. The molecule has 0 bridgehead atoms. The maximum absolute atomic E-state index is 13.4. The highest BCUT2D eigenvalue weighted by Gasteiger charge is 2.34. The number of nitrogens with two attached hydrogens (primary N) is 1. The van der Waals surface area contributed by atoms with E-state index in [1.165, 1.54) is 4.90 Å². The first kappa shape index (κ1) is 19.6. The van der Waals surface area contributed by atoms with Gasteiger partial charge in [-0.15, -0.1) is 0 Å². The molecule has 2 amide bonds. The van der Waals surface area contributed by atoms with Crippen molar-refractivity contribution in [3.63, 3.8) is 0 Å². The van der Waals surface area contributed by atoms with Crippen LogP contribution >= 0.6 is 11.6 Å². The van der Waals surface area contributed by atoms with Gasteiger partial charge in [-0.3, -0.25) is 14.6 Å². The van der Waals surface area contributed by atoms with Crippen molar-refractivity contribution in [3.8, 4) is 0 Å². The van der Waals surface area contributed by atoms with Gasteiger partial charge in [0.25, 0.3) is 5.91 Å². The van der Waals surface area contributed by atoms with E-state index in [2.05, 4.69) is 4.98 Å². The number of rotatable bonds is 6. The molecular weight excluding hydrogens is 374 g/mol. The molecule has 6 heteroatoms. The largest absolute Gasteiger partial charge is 0.368 e. The minimum Gasteiger partial charge on any atom is -0.368 e. The number of pyridine rings is 1. The quantitative estimate of drug-likeness (QED) is 0.683. The first-order chi connectivity index (χ1) is 13.5. The second-order valence-corrected chi connectivity index (χ2v) is 6.84. The zero-order valence-electron chi connectivity index (χ0n) is 15.3. The summed E-state index contributed by atoms with van der Waals surface area (Å²) in [7, 11) is 0. The Morgan fingerprint density at radius 3 is 2.32 bits per heavy atom. The van der Waals surface area contributed by atoms with E-state index >= 15 is 0 Å². The van der Waals surface area contributed by atoms with Gasteiger partial charge < -0.3 is 10.6 Å². The van der Waals surface area contributed by atoms with E-state index in [4.69, 9.17) is 17.3 Å². The van der Waals surface area contributed by atoms with Gasteiger partial charge in [0.2, 0.25) is 5.91 Å². The minimum atomic E-state index is -0.976. The van der Waals surface area contributed by atoms with Crippen molar-refractivity contribution < 1.29 is 9.59 Å². The summed E-state index contributed by atoms with van der Waals surface area (Å²) in [6, 6.07) is 18.0. The summed E-state index contributed by atoms with van der Waals surface area (Å²) in [5.74, 6) is -0.938. The molecule has 0 fully saturated rings.